The first-order chi connectivity index (χ1) is 15.1. The molecule has 1 amide bonds. The van der Waals surface area contributed by atoms with Crippen molar-refractivity contribution >= 4 is 50.6 Å². The average Bonchev–Trinajstić information content (AvgIpc) is 3.02. The molecule has 2 aromatic heterocycles. The van der Waals surface area contributed by atoms with Gasteiger partial charge in [-0.05, 0) is 101 Å². The fourth-order valence-electron chi connectivity index (χ4n) is 4.81. The number of nitrogens with zero attached hydrogens (tertiary/aromatic N) is 2. The van der Waals surface area contributed by atoms with Crippen molar-refractivity contribution in [3.8, 4) is 0 Å². The highest BCUT2D eigenvalue weighted by Crippen LogP contribution is 2.41. The second-order valence-corrected chi connectivity index (χ2v) is 11.3. The number of carbonyl (C=O) groups excluding carboxylic acids is 1. The normalized spacial score (nSPS) is 18.2. The second kappa shape index (κ2) is 11.9. The maximum atomic E-state index is 13.1. The second-order valence-electron chi connectivity index (χ2n) is 9.02. The summed E-state index contributed by atoms with van der Waals surface area (Å²) < 4.78 is 0.845. The quantitative estimate of drug-likeness (QED) is 0.491. The maximum absolute atomic E-state index is 13.1. The zero-order valence-corrected chi connectivity index (χ0v) is 23.6. The SMILES string of the molecule is CCN(c1sc(Br)c(C(=O)NCc2c(C)cc(C)[nH]c2=O)c1C)C1CCC(N(C)C)CC1.Cl. The van der Waals surface area contributed by atoms with Crippen LogP contribution in [0.4, 0.5) is 5.00 Å². The van der Waals surface area contributed by atoms with E-state index in [1.54, 1.807) is 11.3 Å². The molecule has 6 nitrogen and oxygen atoms in total. The van der Waals surface area contributed by atoms with Crippen molar-refractivity contribution < 1.29 is 4.79 Å². The van der Waals surface area contributed by atoms with Gasteiger partial charge >= 0.3 is 0 Å². The van der Waals surface area contributed by atoms with Gasteiger partial charge in [-0.1, -0.05) is 0 Å². The molecule has 2 N–H and O–H groups in total. The Morgan fingerprint density at radius 1 is 1.18 bits per heavy atom. The number of aromatic nitrogens is 1. The standard InChI is InChI=1S/C24H35BrN4O2S.ClH/c1-7-29(18-10-8-17(9-11-18)28(5)6)24-16(4)20(21(25)32-24)23(31)26-13-19-14(2)12-15(3)27-22(19)30;/h12,17-18H,7-11,13H2,1-6H3,(H,26,31)(H,27,30);1H. The van der Waals surface area contributed by atoms with Crippen LogP contribution >= 0.6 is 39.7 Å². The lowest BCUT2D eigenvalue weighted by Gasteiger charge is -2.39. The van der Waals surface area contributed by atoms with Gasteiger partial charge in [-0.3, -0.25) is 9.59 Å². The Balaban J connectivity index is 0.00000385. The molecule has 0 atom stereocenters. The van der Waals surface area contributed by atoms with Gasteiger partial charge in [0, 0.05) is 36.4 Å². The molecular weight excluding hydrogens is 524 g/mol. The number of hydrogen-bond donors (Lipinski definition) is 2. The molecule has 184 valence electrons. The van der Waals surface area contributed by atoms with E-state index in [9.17, 15) is 9.59 Å². The zero-order valence-electron chi connectivity index (χ0n) is 20.4. The maximum Gasteiger partial charge on any atom is 0.253 e. The highest BCUT2D eigenvalue weighted by Gasteiger charge is 2.30. The van der Waals surface area contributed by atoms with Crippen molar-refractivity contribution in [1.82, 2.24) is 15.2 Å². The molecule has 0 spiro atoms. The molecule has 3 rings (SSSR count). The molecule has 0 radical (unpaired) electrons. The summed E-state index contributed by atoms with van der Waals surface area (Å²) in [5.41, 5.74) is 3.84. The molecule has 0 bridgehead atoms. The average molecular weight is 560 g/mol. The van der Waals surface area contributed by atoms with Crippen LogP contribution in [0.25, 0.3) is 0 Å². The van der Waals surface area contributed by atoms with Crippen molar-refractivity contribution in [3.05, 3.63) is 48.2 Å². The summed E-state index contributed by atoms with van der Waals surface area (Å²) in [7, 11) is 4.33. The topological polar surface area (TPSA) is 68.4 Å². The van der Waals surface area contributed by atoms with E-state index in [2.05, 4.69) is 57.0 Å². The minimum Gasteiger partial charge on any atom is -0.360 e. The first-order valence-corrected chi connectivity index (χ1v) is 12.9. The summed E-state index contributed by atoms with van der Waals surface area (Å²) >= 11 is 5.28. The Morgan fingerprint density at radius 3 is 2.33 bits per heavy atom. The van der Waals surface area contributed by atoms with Crippen LogP contribution in [0.15, 0.2) is 14.6 Å². The Labute approximate surface area is 215 Å². The monoisotopic (exact) mass is 558 g/mol. The number of halogens is 2. The molecule has 2 aromatic rings. The molecule has 1 saturated carbocycles. The van der Waals surface area contributed by atoms with E-state index in [1.807, 2.05) is 26.8 Å². The van der Waals surface area contributed by atoms with Crippen molar-refractivity contribution in [3.63, 3.8) is 0 Å². The number of rotatable bonds is 7. The minimum atomic E-state index is -0.149. The van der Waals surface area contributed by atoms with Crippen molar-refractivity contribution in [2.75, 3.05) is 25.5 Å². The number of hydrogen-bond acceptors (Lipinski definition) is 5. The molecule has 1 aliphatic rings. The van der Waals surface area contributed by atoms with Crippen LogP contribution < -0.4 is 15.8 Å². The van der Waals surface area contributed by atoms with Crippen LogP contribution in [0.1, 0.15) is 65.3 Å². The largest absolute Gasteiger partial charge is 0.360 e. The van der Waals surface area contributed by atoms with Crippen molar-refractivity contribution in [1.29, 1.82) is 0 Å². The van der Waals surface area contributed by atoms with Gasteiger partial charge in [0.25, 0.3) is 11.5 Å². The third-order valence-electron chi connectivity index (χ3n) is 6.66. The van der Waals surface area contributed by atoms with E-state index in [-0.39, 0.29) is 30.4 Å². The number of amides is 1. The van der Waals surface area contributed by atoms with Gasteiger partial charge in [-0.2, -0.15) is 0 Å². The Hall–Kier alpha value is -1.35. The van der Waals surface area contributed by atoms with E-state index in [0.717, 1.165) is 27.2 Å². The summed E-state index contributed by atoms with van der Waals surface area (Å²) in [6.45, 7) is 9.11. The van der Waals surface area contributed by atoms with Crippen LogP contribution in [0, 0.1) is 20.8 Å². The number of aryl methyl sites for hydroxylation is 2. The summed E-state index contributed by atoms with van der Waals surface area (Å²) in [5.74, 6) is -0.149. The minimum absolute atomic E-state index is 0. The predicted octanol–water partition coefficient (Wildman–Crippen LogP) is 5.18. The van der Waals surface area contributed by atoms with E-state index in [1.165, 1.54) is 30.7 Å². The molecule has 33 heavy (non-hydrogen) atoms. The van der Waals surface area contributed by atoms with Crippen LogP contribution in [-0.2, 0) is 6.54 Å². The smallest absolute Gasteiger partial charge is 0.253 e. The van der Waals surface area contributed by atoms with Gasteiger partial charge in [-0.15, -0.1) is 23.7 Å². The summed E-state index contributed by atoms with van der Waals surface area (Å²) in [4.78, 5) is 33.0. The third kappa shape index (κ3) is 6.21. The van der Waals surface area contributed by atoms with Gasteiger partial charge in [0.15, 0.2) is 0 Å². The highest BCUT2D eigenvalue weighted by atomic mass is 79.9. The number of aromatic amines is 1. The Kier molecular flexibility index (Phi) is 10.0. The number of thiophene rings is 1. The van der Waals surface area contributed by atoms with Crippen LogP contribution in [-0.4, -0.2) is 48.5 Å². The van der Waals surface area contributed by atoms with Gasteiger partial charge in [0.05, 0.1) is 14.4 Å². The zero-order chi connectivity index (χ0) is 23.6. The fourth-order valence-corrected chi connectivity index (χ4v) is 6.92. The van der Waals surface area contributed by atoms with E-state index >= 15 is 0 Å². The molecule has 0 aromatic carbocycles. The van der Waals surface area contributed by atoms with E-state index in [0.29, 0.717) is 23.2 Å². The van der Waals surface area contributed by atoms with Crippen molar-refractivity contribution in [2.45, 2.75) is 72.0 Å². The molecule has 2 heterocycles. The molecule has 0 saturated heterocycles. The number of anilines is 1. The number of pyridine rings is 1. The Morgan fingerprint density at radius 2 is 1.79 bits per heavy atom. The lowest BCUT2D eigenvalue weighted by atomic mass is 9.89. The molecule has 0 aliphatic heterocycles. The van der Waals surface area contributed by atoms with E-state index < -0.39 is 0 Å². The van der Waals surface area contributed by atoms with Gasteiger partial charge in [-0.25, -0.2) is 0 Å². The van der Waals surface area contributed by atoms with Gasteiger partial charge < -0.3 is 20.1 Å². The third-order valence-corrected chi connectivity index (χ3v) is 8.66. The van der Waals surface area contributed by atoms with Crippen LogP contribution in [0.2, 0.25) is 0 Å². The molecule has 9 heteroatoms. The number of H-pyrrole nitrogens is 1. The van der Waals surface area contributed by atoms with Gasteiger partial charge in [0.1, 0.15) is 0 Å². The van der Waals surface area contributed by atoms with Crippen LogP contribution in [0.5, 0.6) is 0 Å². The van der Waals surface area contributed by atoms with Crippen LogP contribution in [0.3, 0.4) is 0 Å². The summed E-state index contributed by atoms with van der Waals surface area (Å²) in [5, 5.41) is 4.13. The van der Waals surface area contributed by atoms with Gasteiger partial charge in [0.2, 0.25) is 0 Å². The summed E-state index contributed by atoms with van der Waals surface area (Å²) in [6, 6.07) is 3.10. The van der Waals surface area contributed by atoms with Crippen molar-refractivity contribution in [2.24, 2.45) is 0 Å². The predicted molar refractivity (Wildman–Crippen MR) is 144 cm³/mol. The summed E-state index contributed by atoms with van der Waals surface area (Å²) in [6.07, 6.45) is 4.75. The Bertz CT molecular complexity index is 1030. The lowest BCUT2D eigenvalue weighted by Crippen LogP contribution is -2.42. The number of carbonyl (C=O) groups is 1. The first-order valence-electron chi connectivity index (χ1n) is 11.3. The fraction of sp³-hybridized carbons (Fsp3) is 0.583. The molecule has 0 unspecified atom stereocenters. The molecule has 1 fully saturated rings. The lowest BCUT2D eigenvalue weighted by molar-refractivity contribution is 0.0950. The molecular formula is C24H36BrClN4O2S. The number of nitrogens with one attached hydrogen (secondary N) is 2. The van der Waals surface area contributed by atoms with E-state index in [4.69, 9.17) is 0 Å². The first kappa shape index (κ1) is 27.9. The highest BCUT2D eigenvalue weighted by molar-refractivity contribution is 9.11. The molecule has 1 aliphatic carbocycles.